The molecule has 0 aliphatic heterocycles. The Morgan fingerprint density at radius 3 is 2.36 bits per heavy atom. The first-order chi connectivity index (χ1) is 17.4. The highest BCUT2D eigenvalue weighted by Gasteiger charge is 2.29. The molecule has 3 aromatic carbocycles. The van der Waals surface area contributed by atoms with Crippen molar-refractivity contribution in [1.29, 1.82) is 0 Å². The van der Waals surface area contributed by atoms with Gasteiger partial charge < -0.3 is 19.3 Å². The van der Waals surface area contributed by atoms with Crippen LogP contribution in [0.5, 0.6) is 17.2 Å². The van der Waals surface area contributed by atoms with E-state index in [1.807, 2.05) is 24.5 Å². The van der Waals surface area contributed by atoms with E-state index in [4.69, 9.17) is 19.4 Å². The number of carbonyl (C=O) groups is 2. The summed E-state index contributed by atoms with van der Waals surface area (Å²) in [7, 11) is 1.41. The lowest BCUT2D eigenvalue weighted by molar-refractivity contribution is -0.124. The molecule has 0 aromatic heterocycles. The molecule has 3 rings (SSSR count). The number of ether oxygens (including phenoxy) is 3. The van der Waals surface area contributed by atoms with Gasteiger partial charge in [-0.2, -0.15) is 0 Å². The van der Waals surface area contributed by atoms with Crippen LogP contribution in [0.3, 0.4) is 0 Å². The summed E-state index contributed by atoms with van der Waals surface area (Å²) >= 11 is 1.57. The van der Waals surface area contributed by atoms with Crippen molar-refractivity contribution in [2.24, 2.45) is 0 Å². The SMILES string of the molecule is COc1ccc([C@@H](OC(=O)Nc2ccc(SC)cc2)[C@@H](/C=C/C(=O)NO)Oc2ccccc2)cc1O. The van der Waals surface area contributed by atoms with Gasteiger partial charge in [0.05, 0.1) is 7.11 Å². The van der Waals surface area contributed by atoms with Crippen molar-refractivity contribution in [2.45, 2.75) is 17.1 Å². The fourth-order valence-electron chi connectivity index (χ4n) is 3.22. The van der Waals surface area contributed by atoms with Gasteiger partial charge >= 0.3 is 6.09 Å². The third-order valence-electron chi connectivity index (χ3n) is 4.96. The maximum absolute atomic E-state index is 12.9. The van der Waals surface area contributed by atoms with Gasteiger partial charge in [-0.25, -0.2) is 10.3 Å². The Balaban J connectivity index is 1.95. The highest BCUT2D eigenvalue weighted by molar-refractivity contribution is 7.98. The standard InChI is InChI=1S/C26H26N2O7S/c1-33-22-13-8-17(16-21(22)29)25(35-26(31)27-18-9-11-20(36-2)12-10-18)23(14-15-24(30)28-32)34-19-6-4-3-5-7-19/h3-16,23,25,29,32H,1-2H3,(H,27,31)(H,28,30)/b15-14+/t23-,25-/m1/s1. The minimum absolute atomic E-state index is 0.174. The van der Waals surface area contributed by atoms with Gasteiger partial charge in [-0.1, -0.05) is 24.3 Å². The third kappa shape index (κ3) is 7.42. The van der Waals surface area contributed by atoms with Gasteiger partial charge in [-0.15, -0.1) is 11.8 Å². The molecule has 36 heavy (non-hydrogen) atoms. The Kier molecular flexibility index (Phi) is 9.61. The Bertz CT molecular complexity index is 1190. The lowest BCUT2D eigenvalue weighted by Gasteiger charge is -2.26. The predicted octanol–water partition coefficient (Wildman–Crippen LogP) is 4.92. The summed E-state index contributed by atoms with van der Waals surface area (Å²) < 4.78 is 16.9. The van der Waals surface area contributed by atoms with E-state index in [2.05, 4.69) is 5.32 Å². The van der Waals surface area contributed by atoms with E-state index in [9.17, 15) is 14.7 Å². The van der Waals surface area contributed by atoms with Crippen LogP contribution >= 0.6 is 11.8 Å². The lowest BCUT2D eigenvalue weighted by Crippen LogP contribution is -2.30. The Labute approximate surface area is 212 Å². The fourth-order valence-corrected chi connectivity index (χ4v) is 3.63. The first-order valence-corrected chi connectivity index (χ1v) is 12.0. The number of phenolic OH excluding ortho intramolecular Hbond substituents is 1. The van der Waals surface area contributed by atoms with E-state index in [0.29, 0.717) is 17.0 Å². The molecule has 0 spiro atoms. The number of nitrogens with one attached hydrogen (secondary N) is 2. The molecule has 0 saturated carbocycles. The Morgan fingerprint density at radius 2 is 1.75 bits per heavy atom. The Morgan fingerprint density at radius 1 is 1.03 bits per heavy atom. The summed E-state index contributed by atoms with van der Waals surface area (Å²) in [5.74, 6) is -0.305. The minimum atomic E-state index is -1.12. The van der Waals surface area contributed by atoms with Crippen LogP contribution < -0.4 is 20.3 Å². The van der Waals surface area contributed by atoms with Crippen LogP contribution in [0.15, 0.2) is 89.8 Å². The molecular weight excluding hydrogens is 484 g/mol. The van der Waals surface area contributed by atoms with Crippen LogP contribution in [-0.2, 0) is 9.53 Å². The van der Waals surface area contributed by atoms with Crippen LogP contribution in [0.1, 0.15) is 11.7 Å². The number of benzene rings is 3. The average Bonchev–Trinajstić information content (AvgIpc) is 2.90. The predicted molar refractivity (Wildman–Crippen MR) is 136 cm³/mol. The molecule has 2 atom stereocenters. The highest BCUT2D eigenvalue weighted by Crippen LogP contribution is 2.33. The smallest absolute Gasteiger partial charge is 0.412 e. The second kappa shape index (κ2) is 13.1. The molecule has 0 heterocycles. The van der Waals surface area contributed by atoms with E-state index in [0.717, 1.165) is 11.0 Å². The number of aromatic hydroxyl groups is 1. The number of thioether (sulfide) groups is 1. The zero-order valence-corrected chi connectivity index (χ0v) is 20.4. The number of methoxy groups -OCH3 is 1. The van der Waals surface area contributed by atoms with Crippen molar-refractivity contribution >= 4 is 29.4 Å². The maximum atomic E-state index is 12.9. The van der Waals surface area contributed by atoms with Crippen molar-refractivity contribution < 1.29 is 34.1 Å². The van der Waals surface area contributed by atoms with E-state index >= 15 is 0 Å². The van der Waals surface area contributed by atoms with Gasteiger partial charge in [0.2, 0.25) is 0 Å². The summed E-state index contributed by atoms with van der Waals surface area (Å²) in [6.07, 6.45) is 1.41. The second-order valence-electron chi connectivity index (χ2n) is 7.34. The van der Waals surface area contributed by atoms with Crippen molar-refractivity contribution in [3.63, 3.8) is 0 Å². The fraction of sp³-hybridized carbons (Fsp3) is 0.154. The van der Waals surface area contributed by atoms with Crippen molar-refractivity contribution in [1.82, 2.24) is 5.48 Å². The monoisotopic (exact) mass is 510 g/mol. The van der Waals surface area contributed by atoms with Gasteiger partial charge in [-0.05, 0) is 60.9 Å². The van der Waals surface area contributed by atoms with Crippen molar-refractivity contribution in [3.05, 3.63) is 90.5 Å². The van der Waals surface area contributed by atoms with Crippen molar-refractivity contribution in [3.8, 4) is 17.2 Å². The molecule has 188 valence electrons. The molecule has 0 unspecified atom stereocenters. The second-order valence-corrected chi connectivity index (χ2v) is 8.22. The number of amides is 2. The molecular formula is C26H26N2O7S. The molecule has 4 N–H and O–H groups in total. The highest BCUT2D eigenvalue weighted by atomic mass is 32.2. The van der Waals surface area contributed by atoms with E-state index < -0.39 is 24.2 Å². The molecule has 0 aliphatic rings. The number of carbonyl (C=O) groups excluding carboxylic acids is 2. The van der Waals surface area contributed by atoms with Crippen LogP contribution in [-0.4, -0.2) is 41.8 Å². The first kappa shape index (κ1) is 26.5. The number of anilines is 1. The molecule has 3 aromatic rings. The summed E-state index contributed by atoms with van der Waals surface area (Å²) in [6.45, 7) is 0. The number of hydrogen-bond acceptors (Lipinski definition) is 8. The molecule has 0 aliphatic carbocycles. The minimum Gasteiger partial charge on any atom is -0.504 e. The summed E-state index contributed by atoms with van der Waals surface area (Å²) in [5, 5.41) is 21.9. The van der Waals surface area contributed by atoms with Gasteiger partial charge in [0.25, 0.3) is 5.91 Å². The zero-order chi connectivity index (χ0) is 25.9. The first-order valence-electron chi connectivity index (χ1n) is 10.8. The number of para-hydroxylation sites is 1. The number of hydroxylamine groups is 1. The van der Waals surface area contributed by atoms with Gasteiger partial charge in [0, 0.05) is 22.2 Å². The summed E-state index contributed by atoms with van der Waals surface area (Å²) in [6, 6.07) is 20.4. The molecule has 2 amide bonds. The van der Waals surface area contributed by atoms with E-state index in [-0.39, 0.29) is 11.5 Å². The number of hydrogen-bond donors (Lipinski definition) is 4. The van der Waals surface area contributed by atoms with Crippen LogP contribution in [0.2, 0.25) is 0 Å². The van der Waals surface area contributed by atoms with Crippen LogP contribution in [0, 0.1) is 0 Å². The van der Waals surface area contributed by atoms with E-state index in [1.165, 1.54) is 30.8 Å². The summed E-state index contributed by atoms with van der Waals surface area (Å²) in [4.78, 5) is 25.6. The summed E-state index contributed by atoms with van der Waals surface area (Å²) in [5.41, 5.74) is 2.40. The maximum Gasteiger partial charge on any atom is 0.412 e. The largest absolute Gasteiger partial charge is 0.504 e. The van der Waals surface area contributed by atoms with Crippen molar-refractivity contribution in [2.75, 3.05) is 18.7 Å². The zero-order valence-electron chi connectivity index (χ0n) is 19.6. The molecule has 0 radical (unpaired) electrons. The average molecular weight is 511 g/mol. The molecule has 0 fully saturated rings. The molecule has 10 heteroatoms. The molecule has 9 nitrogen and oxygen atoms in total. The topological polar surface area (TPSA) is 126 Å². The van der Waals surface area contributed by atoms with Crippen LogP contribution in [0.4, 0.5) is 10.5 Å². The van der Waals surface area contributed by atoms with Gasteiger partial charge in [0.15, 0.2) is 23.7 Å². The number of phenols is 1. The number of rotatable bonds is 10. The Hall–Kier alpha value is -4.15. The molecule has 0 bridgehead atoms. The normalized spacial score (nSPS) is 12.4. The van der Waals surface area contributed by atoms with Gasteiger partial charge in [0.1, 0.15) is 5.75 Å². The van der Waals surface area contributed by atoms with Crippen LogP contribution in [0.25, 0.3) is 0 Å². The lowest BCUT2D eigenvalue weighted by atomic mass is 10.0. The third-order valence-corrected chi connectivity index (χ3v) is 5.71. The quantitative estimate of drug-likeness (QED) is 0.131. The molecule has 0 saturated heterocycles. The van der Waals surface area contributed by atoms with E-state index in [1.54, 1.807) is 54.2 Å². The van der Waals surface area contributed by atoms with Gasteiger partial charge in [-0.3, -0.25) is 15.3 Å².